The summed E-state index contributed by atoms with van der Waals surface area (Å²) in [4.78, 5) is 77.6. The molecule has 37 heavy (non-hydrogen) atoms. The van der Waals surface area contributed by atoms with E-state index >= 15 is 0 Å². The normalized spacial score (nSPS) is 11.3. The molecule has 0 aromatic heterocycles. The smallest absolute Gasteiger partial charge is 0.390 e. The van der Waals surface area contributed by atoms with Crippen LogP contribution in [0.2, 0.25) is 6.04 Å². The van der Waals surface area contributed by atoms with Crippen molar-refractivity contribution in [3.63, 3.8) is 0 Å². The van der Waals surface area contributed by atoms with Gasteiger partial charge in [0.2, 0.25) is 0 Å². The number of Topliss-reactive ketones (excluding diaryl/α,β-unsaturated/α-hetero) is 4. The van der Waals surface area contributed by atoms with Gasteiger partial charge in [-0.15, -0.1) is 0 Å². The maximum atomic E-state index is 13.0. The quantitative estimate of drug-likeness (QED) is 0.126. The zero-order chi connectivity index (χ0) is 27.6. The summed E-state index contributed by atoms with van der Waals surface area (Å²) in [6.45, 7) is 4.98. The first-order chi connectivity index (χ1) is 17.4. The van der Waals surface area contributed by atoms with Crippen LogP contribution in [0, 0.1) is 6.92 Å². The highest BCUT2D eigenvalue weighted by Crippen LogP contribution is 2.21. The van der Waals surface area contributed by atoms with Gasteiger partial charge in [0.1, 0.15) is 0 Å². The van der Waals surface area contributed by atoms with E-state index in [-0.39, 0.29) is 64.5 Å². The van der Waals surface area contributed by atoms with Gasteiger partial charge in [0.05, 0.1) is 13.1 Å². The number of rotatable bonds is 16. The Kier molecular flexibility index (Phi) is 11.5. The van der Waals surface area contributed by atoms with Gasteiger partial charge in [0, 0.05) is 34.0 Å². The molecule has 10 heteroatoms. The molecule has 0 saturated carbocycles. The molecule has 0 aliphatic carbocycles. The number of nitrogens with one attached hydrogen (secondary N) is 2. The summed E-state index contributed by atoms with van der Waals surface area (Å²) in [6, 6.07) is 10.2. The molecule has 2 aromatic carbocycles. The average Bonchev–Trinajstić information content (AvgIpc) is 2.83. The molecular weight excluding hydrogens is 492 g/mol. The molecule has 0 radical (unpaired) electrons. The van der Waals surface area contributed by atoms with Crippen molar-refractivity contribution in [2.24, 2.45) is 0 Å². The summed E-state index contributed by atoms with van der Waals surface area (Å²) in [6.07, 6.45) is 2.75. The summed E-state index contributed by atoms with van der Waals surface area (Å²) in [5.74, 6) is -1.48. The van der Waals surface area contributed by atoms with E-state index in [4.69, 9.17) is 14.4 Å². The van der Waals surface area contributed by atoms with Crippen LogP contribution in [0.5, 0.6) is 0 Å². The van der Waals surface area contributed by atoms with Crippen molar-refractivity contribution in [2.75, 3.05) is 25.0 Å². The van der Waals surface area contributed by atoms with Gasteiger partial charge in [0.25, 0.3) is 0 Å². The van der Waals surface area contributed by atoms with Crippen LogP contribution in [-0.4, -0.2) is 66.0 Å². The van der Waals surface area contributed by atoms with Gasteiger partial charge in [-0.25, -0.2) is 0 Å². The van der Waals surface area contributed by atoms with E-state index in [2.05, 4.69) is 10.6 Å². The van der Waals surface area contributed by atoms with E-state index in [1.54, 1.807) is 0 Å². The lowest BCUT2D eigenvalue weighted by Crippen LogP contribution is -2.33. The fraction of sp³-hybridized carbons (Fsp3) is 0.407. The second-order valence-electron chi connectivity index (χ2n) is 9.24. The molecule has 2 rings (SSSR count). The highest BCUT2D eigenvalue weighted by molar-refractivity contribution is 6.56. The van der Waals surface area contributed by atoms with Crippen molar-refractivity contribution < 1.29 is 33.6 Å². The van der Waals surface area contributed by atoms with Gasteiger partial charge < -0.3 is 25.0 Å². The second kappa shape index (κ2) is 14.1. The molecule has 5 N–H and O–H groups in total. The Balaban J connectivity index is 2.08. The molecule has 0 heterocycles. The summed E-state index contributed by atoms with van der Waals surface area (Å²) < 4.78 is 0. The van der Waals surface area contributed by atoms with Crippen LogP contribution < -0.4 is 10.6 Å². The lowest BCUT2D eigenvalue weighted by Gasteiger charge is -2.14. The first-order valence-corrected chi connectivity index (χ1v) is 14.4. The lowest BCUT2D eigenvalue weighted by molar-refractivity contribution is 0.0961. The summed E-state index contributed by atoms with van der Waals surface area (Å²) in [5, 5.41) is 6.06. The van der Waals surface area contributed by atoms with Gasteiger partial charge in [-0.3, -0.25) is 19.2 Å². The maximum Gasteiger partial charge on any atom is 0.492 e. The van der Waals surface area contributed by atoms with E-state index in [0.717, 1.165) is 30.5 Å². The van der Waals surface area contributed by atoms with E-state index in [9.17, 15) is 19.2 Å². The van der Waals surface area contributed by atoms with Gasteiger partial charge in [-0.1, -0.05) is 30.5 Å². The standard InChI is InChI=1S/C27H36N2O7Si/c1-18-8-10-21(11-9-18)29-17-27(33)25-15-24(22(19(2)30)14-23(25)20(3)31)26(32)16-28-12-6-4-5-7-13-37(34,35)36/h8-11,14-15,28-29,34-36H,4-7,12-13,16-17H2,1-3H3. The van der Waals surface area contributed by atoms with Gasteiger partial charge in [0.15, 0.2) is 23.1 Å². The van der Waals surface area contributed by atoms with Crippen LogP contribution in [0.3, 0.4) is 0 Å². The molecule has 9 nitrogen and oxygen atoms in total. The highest BCUT2D eigenvalue weighted by Gasteiger charge is 2.25. The van der Waals surface area contributed by atoms with Crippen molar-refractivity contribution in [3.8, 4) is 0 Å². The topological polar surface area (TPSA) is 153 Å². The molecule has 2 aromatic rings. The number of ketones is 4. The Morgan fingerprint density at radius 1 is 0.730 bits per heavy atom. The van der Waals surface area contributed by atoms with Crippen LogP contribution in [0.1, 0.15) is 86.5 Å². The Morgan fingerprint density at radius 2 is 1.24 bits per heavy atom. The molecule has 0 atom stereocenters. The predicted octanol–water partition coefficient (Wildman–Crippen LogP) is 2.94. The fourth-order valence-electron chi connectivity index (χ4n) is 3.86. The molecule has 0 spiro atoms. The Bertz CT molecular complexity index is 1120. The van der Waals surface area contributed by atoms with Crippen molar-refractivity contribution >= 4 is 37.6 Å². The fourth-order valence-corrected chi connectivity index (χ4v) is 4.58. The molecule has 0 aliphatic heterocycles. The minimum atomic E-state index is -3.99. The molecule has 0 amide bonds. The number of carbonyl (C=O) groups is 4. The maximum absolute atomic E-state index is 13.0. The van der Waals surface area contributed by atoms with Crippen LogP contribution in [0.15, 0.2) is 36.4 Å². The molecular formula is C27H36N2O7Si. The summed E-state index contributed by atoms with van der Waals surface area (Å²) >= 11 is 0. The third kappa shape index (κ3) is 10.1. The van der Waals surface area contributed by atoms with Crippen molar-refractivity contribution in [2.45, 2.75) is 52.5 Å². The largest absolute Gasteiger partial charge is 0.492 e. The van der Waals surface area contributed by atoms with Crippen molar-refractivity contribution in [3.05, 3.63) is 64.2 Å². The first kappa shape index (κ1) is 30.2. The van der Waals surface area contributed by atoms with Crippen LogP contribution >= 0.6 is 0 Å². The van der Waals surface area contributed by atoms with E-state index in [1.165, 1.54) is 26.0 Å². The molecule has 200 valence electrons. The van der Waals surface area contributed by atoms with Crippen molar-refractivity contribution in [1.82, 2.24) is 5.32 Å². The number of unbranched alkanes of at least 4 members (excludes halogenated alkanes) is 3. The van der Waals surface area contributed by atoms with Gasteiger partial charge in [-0.05, 0) is 64.4 Å². The SMILES string of the molecule is CC(=O)c1cc(C(C)=O)c(C(=O)CNc2ccc(C)cc2)cc1C(=O)CNCCCCCC[Si](O)(O)O. The monoisotopic (exact) mass is 528 g/mol. The third-order valence-electron chi connectivity index (χ3n) is 5.92. The minimum Gasteiger partial charge on any atom is -0.390 e. The third-order valence-corrected chi connectivity index (χ3v) is 6.95. The first-order valence-electron chi connectivity index (χ1n) is 12.3. The van der Waals surface area contributed by atoms with Crippen LogP contribution in [-0.2, 0) is 0 Å². The number of hydrogen-bond donors (Lipinski definition) is 5. The predicted molar refractivity (Wildman–Crippen MR) is 143 cm³/mol. The van der Waals surface area contributed by atoms with Crippen LogP contribution in [0.4, 0.5) is 5.69 Å². The molecule has 0 aliphatic rings. The number of hydrogen-bond acceptors (Lipinski definition) is 9. The number of anilines is 1. The molecule has 0 unspecified atom stereocenters. The van der Waals surface area contributed by atoms with Gasteiger partial charge >= 0.3 is 8.80 Å². The summed E-state index contributed by atoms with van der Waals surface area (Å²) in [7, 11) is -3.99. The second-order valence-corrected chi connectivity index (χ2v) is 11.3. The molecule has 0 fully saturated rings. The van der Waals surface area contributed by atoms with Crippen LogP contribution in [0.25, 0.3) is 0 Å². The Hall–Kier alpha value is -3.02. The summed E-state index contributed by atoms with van der Waals surface area (Å²) in [5.41, 5.74) is 2.22. The van der Waals surface area contributed by atoms with Gasteiger partial charge in [-0.2, -0.15) is 0 Å². The zero-order valence-corrected chi connectivity index (χ0v) is 22.6. The minimum absolute atomic E-state index is 0.00455. The molecule has 0 bridgehead atoms. The van der Waals surface area contributed by atoms with E-state index in [1.807, 2.05) is 31.2 Å². The number of aryl methyl sites for hydroxylation is 1. The molecule has 0 saturated heterocycles. The number of benzene rings is 2. The lowest BCUT2D eigenvalue weighted by atomic mass is 9.90. The Morgan fingerprint density at radius 3 is 1.78 bits per heavy atom. The van der Waals surface area contributed by atoms with E-state index < -0.39 is 8.80 Å². The van der Waals surface area contributed by atoms with Crippen molar-refractivity contribution in [1.29, 1.82) is 0 Å². The average molecular weight is 529 g/mol. The van der Waals surface area contributed by atoms with E-state index in [0.29, 0.717) is 13.0 Å². The number of carbonyl (C=O) groups excluding carboxylic acids is 4. The zero-order valence-electron chi connectivity index (χ0n) is 21.6. The highest BCUT2D eigenvalue weighted by atomic mass is 28.4. The Labute approximate surface area is 218 Å².